The van der Waals surface area contributed by atoms with Crippen molar-refractivity contribution in [2.75, 3.05) is 23.4 Å². The molecule has 0 radical (unpaired) electrons. The first-order valence-electron chi connectivity index (χ1n) is 11.3. The van der Waals surface area contributed by atoms with E-state index < -0.39 is 30.3 Å². The monoisotopic (exact) mass is 469 g/mol. The fourth-order valence-corrected chi connectivity index (χ4v) is 3.67. The smallest absolute Gasteiger partial charge is 0.413 e. The van der Waals surface area contributed by atoms with E-state index in [1.807, 2.05) is 26.0 Å². The highest BCUT2D eigenvalue weighted by molar-refractivity contribution is 6.01. The van der Waals surface area contributed by atoms with Gasteiger partial charge in [-0.1, -0.05) is 38.1 Å². The van der Waals surface area contributed by atoms with Gasteiger partial charge in [0.15, 0.2) is 6.23 Å². The average molecular weight is 470 g/mol. The minimum atomic E-state index is -0.913. The molecule has 0 aliphatic carbocycles. The molecule has 1 aromatic heterocycles. The lowest BCUT2D eigenvalue weighted by atomic mass is 10.0. The van der Waals surface area contributed by atoms with Crippen LogP contribution < -0.4 is 20.9 Å². The van der Waals surface area contributed by atoms with Gasteiger partial charge in [0.1, 0.15) is 11.9 Å². The molecule has 0 saturated heterocycles. The number of hydrogen-bond donors (Lipinski definition) is 4. The summed E-state index contributed by atoms with van der Waals surface area (Å²) < 4.78 is 5.63. The van der Waals surface area contributed by atoms with Gasteiger partial charge in [0.2, 0.25) is 5.91 Å². The molecular formula is C24H31N5O5. The first kappa shape index (κ1) is 25.1. The topological polar surface area (TPSA) is 133 Å². The zero-order valence-corrected chi connectivity index (χ0v) is 19.5. The SMILES string of the molecule is CC(C)[C@H](NC(=O)[C@H](C)NCCO)C(=O)N1c2ncccc2C[C@@H]1OC(=O)Nc1ccccc1. The summed E-state index contributed by atoms with van der Waals surface area (Å²) in [6, 6.07) is 11.0. The van der Waals surface area contributed by atoms with Gasteiger partial charge in [0.05, 0.1) is 12.6 Å². The zero-order valence-electron chi connectivity index (χ0n) is 19.5. The van der Waals surface area contributed by atoms with E-state index in [9.17, 15) is 14.4 Å². The second-order valence-electron chi connectivity index (χ2n) is 8.38. The molecule has 4 N–H and O–H groups in total. The first-order valence-corrected chi connectivity index (χ1v) is 11.3. The number of benzene rings is 1. The number of carbonyl (C=O) groups is 3. The summed E-state index contributed by atoms with van der Waals surface area (Å²) in [5.41, 5.74) is 1.33. The molecule has 0 bridgehead atoms. The Morgan fingerprint density at radius 1 is 1.15 bits per heavy atom. The second-order valence-corrected chi connectivity index (χ2v) is 8.38. The highest BCUT2D eigenvalue weighted by atomic mass is 16.6. The number of ether oxygens (including phenoxy) is 1. The van der Waals surface area contributed by atoms with Crippen LogP contribution >= 0.6 is 0 Å². The second kappa shape index (κ2) is 11.6. The van der Waals surface area contributed by atoms with Crippen molar-refractivity contribution in [3.05, 3.63) is 54.2 Å². The molecule has 10 nitrogen and oxygen atoms in total. The molecule has 0 saturated carbocycles. The number of aliphatic hydroxyl groups excluding tert-OH is 1. The number of aliphatic hydroxyl groups is 1. The van der Waals surface area contributed by atoms with E-state index in [-0.39, 0.29) is 31.4 Å². The number of nitrogens with one attached hydrogen (secondary N) is 3. The Kier molecular flexibility index (Phi) is 8.55. The maximum atomic E-state index is 13.7. The van der Waals surface area contributed by atoms with Gasteiger partial charge in [-0.25, -0.2) is 9.78 Å². The third-order valence-electron chi connectivity index (χ3n) is 5.47. The Balaban J connectivity index is 1.79. The molecule has 0 unspecified atom stereocenters. The van der Waals surface area contributed by atoms with Crippen molar-refractivity contribution < 1.29 is 24.2 Å². The summed E-state index contributed by atoms with van der Waals surface area (Å²) in [6.07, 6.45) is 0.234. The van der Waals surface area contributed by atoms with E-state index in [0.717, 1.165) is 5.56 Å². The van der Waals surface area contributed by atoms with Crippen molar-refractivity contribution in [1.82, 2.24) is 15.6 Å². The van der Waals surface area contributed by atoms with E-state index in [4.69, 9.17) is 9.84 Å². The Morgan fingerprint density at radius 3 is 2.56 bits per heavy atom. The molecule has 2 heterocycles. The van der Waals surface area contributed by atoms with Crippen LogP contribution in [-0.4, -0.2) is 59.5 Å². The number of para-hydroxylation sites is 1. The molecule has 3 amide bonds. The van der Waals surface area contributed by atoms with Crippen LogP contribution in [0.4, 0.5) is 16.3 Å². The quantitative estimate of drug-likeness (QED) is 0.439. The van der Waals surface area contributed by atoms with Crippen LogP contribution in [0.1, 0.15) is 26.3 Å². The van der Waals surface area contributed by atoms with Gasteiger partial charge in [-0.3, -0.25) is 19.8 Å². The molecule has 2 aromatic rings. The molecule has 1 aromatic carbocycles. The lowest BCUT2D eigenvalue weighted by Gasteiger charge is -2.31. The van der Waals surface area contributed by atoms with E-state index in [1.54, 1.807) is 43.5 Å². The predicted molar refractivity (Wildman–Crippen MR) is 127 cm³/mol. The van der Waals surface area contributed by atoms with Gasteiger partial charge in [-0.2, -0.15) is 0 Å². The fraction of sp³-hybridized carbons (Fsp3) is 0.417. The number of rotatable bonds is 9. The molecule has 0 fully saturated rings. The van der Waals surface area contributed by atoms with Crippen molar-refractivity contribution in [2.45, 2.75) is 45.5 Å². The van der Waals surface area contributed by atoms with Crippen molar-refractivity contribution in [1.29, 1.82) is 0 Å². The van der Waals surface area contributed by atoms with Gasteiger partial charge < -0.3 is 20.5 Å². The normalized spacial score (nSPS) is 16.5. The molecular weight excluding hydrogens is 438 g/mol. The first-order chi connectivity index (χ1) is 16.3. The molecule has 3 atom stereocenters. The van der Waals surface area contributed by atoms with Gasteiger partial charge >= 0.3 is 6.09 Å². The van der Waals surface area contributed by atoms with E-state index in [0.29, 0.717) is 11.5 Å². The van der Waals surface area contributed by atoms with E-state index >= 15 is 0 Å². The summed E-state index contributed by atoms with van der Waals surface area (Å²) in [5, 5.41) is 17.3. The van der Waals surface area contributed by atoms with Crippen molar-refractivity contribution in [2.24, 2.45) is 5.92 Å². The van der Waals surface area contributed by atoms with Crippen molar-refractivity contribution in [3.63, 3.8) is 0 Å². The summed E-state index contributed by atoms with van der Waals surface area (Å²) in [5.74, 6) is -0.641. The largest absolute Gasteiger partial charge is 0.424 e. The molecule has 1 aliphatic rings. The predicted octanol–water partition coefficient (Wildman–Crippen LogP) is 1.66. The Morgan fingerprint density at radius 2 is 1.88 bits per heavy atom. The molecule has 34 heavy (non-hydrogen) atoms. The van der Waals surface area contributed by atoms with Crippen molar-refractivity contribution in [3.8, 4) is 0 Å². The zero-order chi connectivity index (χ0) is 24.7. The Hall–Kier alpha value is -3.50. The number of nitrogens with zero attached hydrogens (tertiary/aromatic N) is 2. The minimum Gasteiger partial charge on any atom is -0.424 e. The van der Waals surface area contributed by atoms with Crippen LogP contribution in [0.15, 0.2) is 48.7 Å². The molecule has 3 rings (SSSR count). The average Bonchev–Trinajstić information content (AvgIpc) is 3.18. The van der Waals surface area contributed by atoms with Crippen molar-refractivity contribution >= 4 is 29.4 Å². The summed E-state index contributed by atoms with van der Waals surface area (Å²) in [6.45, 7) is 5.44. The minimum absolute atomic E-state index is 0.107. The van der Waals surface area contributed by atoms with Crippen LogP contribution in [-0.2, 0) is 20.7 Å². The van der Waals surface area contributed by atoms with Gasteiger partial charge in [-0.15, -0.1) is 0 Å². The number of carbonyl (C=O) groups excluding carboxylic acids is 3. The van der Waals surface area contributed by atoms with Crippen LogP contribution in [0.3, 0.4) is 0 Å². The molecule has 1 aliphatic heterocycles. The summed E-state index contributed by atoms with van der Waals surface area (Å²) >= 11 is 0. The maximum Gasteiger partial charge on any atom is 0.413 e. The Labute approximate surface area is 198 Å². The number of fused-ring (bicyclic) bond motifs is 1. The Bertz CT molecular complexity index is 1000. The fourth-order valence-electron chi connectivity index (χ4n) is 3.67. The highest BCUT2D eigenvalue weighted by Gasteiger charge is 2.41. The maximum absolute atomic E-state index is 13.7. The van der Waals surface area contributed by atoms with Gasteiger partial charge in [-0.05, 0) is 31.0 Å². The van der Waals surface area contributed by atoms with E-state index in [1.165, 1.54) is 4.90 Å². The van der Waals surface area contributed by atoms with Gasteiger partial charge in [0.25, 0.3) is 5.91 Å². The lowest BCUT2D eigenvalue weighted by molar-refractivity contribution is -0.130. The summed E-state index contributed by atoms with van der Waals surface area (Å²) in [7, 11) is 0. The number of anilines is 2. The molecule has 0 spiro atoms. The third kappa shape index (κ3) is 6.09. The van der Waals surface area contributed by atoms with Crippen LogP contribution in [0.2, 0.25) is 0 Å². The standard InChI is InChI=1S/C24H31N5O5/c1-15(2)20(28-22(31)16(3)25-12-13-30)23(32)29-19(14-17-8-7-11-26-21(17)29)34-24(33)27-18-9-5-4-6-10-18/h4-11,15-16,19-20,25,30H,12-14H2,1-3H3,(H,27,33)(H,28,31)/t16-,19-,20-/m0/s1. The number of amides is 3. The third-order valence-corrected chi connectivity index (χ3v) is 5.47. The highest BCUT2D eigenvalue weighted by Crippen LogP contribution is 2.32. The molecule has 10 heteroatoms. The van der Waals surface area contributed by atoms with Crippen LogP contribution in [0.25, 0.3) is 0 Å². The van der Waals surface area contributed by atoms with E-state index in [2.05, 4.69) is 20.9 Å². The lowest BCUT2D eigenvalue weighted by Crippen LogP contribution is -2.57. The number of aromatic nitrogens is 1. The van der Waals surface area contributed by atoms with Crippen LogP contribution in [0, 0.1) is 5.92 Å². The summed E-state index contributed by atoms with van der Waals surface area (Å²) in [4.78, 5) is 44.6. The number of pyridine rings is 1. The molecule has 182 valence electrons. The van der Waals surface area contributed by atoms with Gasteiger partial charge in [0, 0.05) is 30.4 Å². The van der Waals surface area contributed by atoms with Crippen LogP contribution in [0.5, 0.6) is 0 Å². The number of hydrogen-bond acceptors (Lipinski definition) is 7.